The minimum Gasteiger partial charge on any atom is -0.454 e. The number of carbonyl (C=O) groups is 1. The van der Waals surface area contributed by atoms with Crippen LogP contribution in [-0.4, -0.2) is 12.7 Å². The Labute approximate surface area is 128 Å². The lowest BCUT2D eigenvalue weighted by Gasteiger charge is -2.07. The van der Waals surface area contributed by atoms with Crippen LogP contribution in [0.15, 0.2) is 40.9 Å². The van der Waals surface area contributed by atoms with E-state index in [4.69, 9.17) is 21.1 Å². The van der Waals surface area contributed by atoms with Gasteiger partial charge in [-0.15, -0.1) is 0 Å². The van der Waals surface area contributed by atoms with Gasteiger partial charge in [0.2, 0.25) is 6.79 Å². The molecule has 2 aromatic carbocycles. The summed E-state index contributed by atoms with van der Waals surface area (Å²) < 4.78 is 11.2. The van der Waals surface area contributed by atoms with Gasteiger partial charge in [0.05, 0.1) is 5.02 Å². The van der Waals surface area contributed by atoms with Crippen molar-refractivity contribution in [2.75, 3.05) is 12.1 Å². The molecule has 0 saturated heterocycles. The predicted molar refractivity (Wildman–Crippen MR) is 79.7 cm³/mol. The molecule has 102 valence electrons. The summed E-state index contributed by atoms with van der Waals surface area (Å²) in [6.07, 6.45) is 0. The van der Waals surface area contributed by atoms with E-state index in [0.717, 1.165) is 4.47 Å². The van der Waals surface area contributed by atoms with Gasteiger partial charge in [-0.3, -0.25) is 4.79 Å². The fourth-order valence-corrected chi connectivity index (χ4v) is 2.24. The first kappa shape index (κ1) is 13.3. The van der Waals surface area contributed by atoms with Crippen LogP contribution in [0.5, 0.6) is 11.5 Å². The predicted octanol–water partition coefficient (Wildman–Crippen LogP) is 4.08. The summed E-state index contributed by atoms with van der Waals surface area (Å²) in [7, 11) is 0. The van der Waals surface area contributed by atoms with Crippen molar-refractivity contribution in [3.63, 3.8) is 0 Å². The van der Waals surface area contributed by atoms with Crippen LogP contribution in [0.25, 0.3) is 0 Å². The summed E-state index contributed by atoms with van der Waals surface area (Å²) in [6.45, 7) is 0.183. The number of halogens is 2. The maximum Gasteiger partial charge on any atom is 0.255 e. The van der Waals surface area contributed by atoms with Gasteiger partial charge in [0, 0.05) is 15.7 Å². The molecule has 1 aliphatic rings. The molecule has 6 heteroatoms. The molecule has 4 nitrogen and oxygen atoms in total. The molecule has 0 unspecified atom stereocenters. The Morgan fingerprint density at radius 3 is 2.75 bits per heavy atom. The van der Waals surface area contributed by atoms with Gasteiger partial charge >= 0.3 is 0 Å². The Morgan fingerprint density at radius 2 is 1.95 bits per heavy atom. The topological polar surface area (TPSA) is 47.6 Å². The van der Waals surface area contributed by atoms with Gasteiger partial charge in [0.1, 0.15) is 0 Å². The molecule has 0 radical (unpaired) electrons. The van der Waals surface area contributed by atoms with Crippen LogP contribution in [0.3, 0.4) is 0 Å². The van der Waals surface area contributed by atoms with Gasteiger partial charge < -0.3 is 14.8 Å². The van der Waals surface area contributed by atoms with Gasteiger partial charge in [-0.1, -0.05) is 11.6 Å². The Balaban J connectivity index is 1.80. The molecule has 0 bridgehead atoms. The minimum atomic E-state index is -0.235. The molecule has 0 atom stereocenters. The van der Waals surface area contributed by atoms with Crippen molar-refractivity contribution in [1.82, 2.24) is 0 Å². The van der Waals surface area contributed by atoms with Crippen LogP contribution < -0.4 is 14.8 Å². The Bertz CT molecular complexity index is 690. The zero-order chi connectivity index (χ0) is 14.1. The molecular weight excluding hydrogens is 346 g/mol. The summed E-state index contributed by atoms with van der Waals surface area (Å²) in [5.74, 6) is 0.987. The third-order valence-corrected chi connectivity index (χ3v) is 4.04. The summed E-state index contributed by atoms with van der Waals surface area (Å²) in [4.78, 5) is 12.1. The highest BCUT2D eigenvalue weighted by molar-refractivity contribution is 9.10. The monoisotopic (exact) mass is 353 g/mol. The number of rotatable bonds is 2. The third-order valence-electron chi connectivity index (χ3n) is 2.81. The normalized spacial score (nSPS) is 12.3. The maximum absolute atomic E-state index is 12.1. The molecule has 0 spiro atoms. The fourth-order valence-electron chi connectivity index (χ4n) is 1.81. The van der Waals surface area contributed by atoms with Crippen LogP contribution >= 0.6 is 27.5 Å². The maximum atomic E-state index is 12.1. The molecule has 0 aliphatic carbocycles. The number of anilines is 1. The van der Waals surface area contributed by atoms with Crippen molar-refractivity contribution >= 4 is 39.1 Å². The summed E-state index contributed by atoms with van der Waals surface area (Å²) in [5.41, 5.74) is 1.12. The van der Waals surface area contributed by atoms with Gasteiger partial charge in [-0.2, -0.15) is 0 Å². The van der Waals surface area contributed by atoms with Crippen LogP contribution in [0, 0.1) is 0 Å². The largest absolute Gasteiger partial charge is 0.454 e. The lowest BCUT2D eigenvalue weighted by Crippen LogP contribution is -2.11. The molecule has 1 heterocycles. The number of ether oxygens (including phenoxy) is 2. The van der Waals surface area contributed by atoms with E-state index in [0.29, 0.717) is 27.8 Å². The highest BCUT2D eigenvalue weighted by atomic mass is 79.9. The molecule has 1 amide bonds. The van der Waals surface area contributed by atoms with Crippen LogP contribution in [-0.2, 0) is 0 Å². The van der Waals surface area contributed by atoms with Crippen LogP contribution in [0.2, 0.25) is 5.02 Å². The number of carbonyl (C=O) groups excluding carboxylic acids is 1. The number of amides is 1. The van der Waals surface area contributed by atoms with E-state index in [2.05, 4.69) is 21.2 Å². The van der Waals surface area contributed by atoms with E-state index in [1.165, 1.54) is 0 Å². The van der Waals surface area contributed by atoms with E-state index in [9.17, 15) is 4.79 Å². The summed E-state index contributed by atoms with van der Waals surface area (Å²) in [5, 5.41) is 3.31. The van der Waals surface area contributed by atoms with Gasteiger partial charge in [0.25, 0.3) is 5.91 Å². The van der Waals surface area contributed by atoms with Crippen molar-refractivity contribution in [3.05, 3.63) is 51.5 Å². The zero-order valence-corrected chi connectivity index (χ0v) is 12.5. The lowest BCUT2D eigenvalue weighted by molar-refractivity contribution is 0.102. The Hall–Kier alpha value is -1.72. The molecule has 1 N–H and O–H groups in total. The quantitative estimate of drug-likeness (QED) is 0.884. The summed E-state index contributed by atoms with van der Waals surface area (Å²) in [6, 6.07) is 10.3. The fraction of sp³-hybridized carbons (Fsp3) is 0.0714. The second-order valence-electron chi connectivity index (χ2n) is 4.15. The Kier molecular flexibility index (Phi) is 3.54. The van der Waals surface area contributed by atoms with E-state index in [-0.39, 0.29) is 12.7 Å². The molecule has 20 heavy (non-hydrogen) atoms. The van der Waals surface area contributed by atoms with Gasteiger partial charge in [-0.05, 0) is 52.3 Å². The number of fused-ring (bicyclic) bond motifs is 1. The van der Waals surface area contributed by atoms with Crippen molar-refractivity contribution in [2.45, 2.75) is 0 Å². The number of hydrogen-bond donors (Lipinski definition) is 1. The second kappa shape index (κ2) is 5.34. The molecule has 3 rings (SSSR count). The molecule has 0 fully saturated rings. The minimum absolute atomic E-state index is 0.183. The zero-order valence-electron chi connectivity index (χ0n) is 10.2. The van der Waals surface area contributed by atoms with Crippen LogP contribution in [0.1, 0.15) is 10.4 Å². The molecule has 0 saturated carbocycles. The smallest absolute Gasteiger partial charge is 0.255 e. The first-order valence-electron chi connectivity index (χ1n) is 5.79. The van der Waals surface area contributed by atoms with Crippen molar-refractivity contribution in [2.24, 2.45) is 0 Å². The highest BCUT2D eigenvalue weighted by Gasteiger charge is 2.16. The van der Waals surface area contributed by atoms with E-state index in [1.54, 1.807) is 36.4 Å². The second-order valence-corrected chi connectivity index (χ2v) is 5.41. The lowest BCUT2D eigenvalue weighted by atomic mass is 10.2. The van der Waals surface area contributed by atoms with Crippen molar-refractivity contribution in [1.29, 1.82) is 0 Å². The molecule has 1 aliphatic heterocycles. The van der Waals surface area contributed by atoms with Crippen LogP contribution in [0.4, 0.5) is 5.69 Å². The first-order chi connectivity index (χ1) is 9.63. The molecule has 0 aromatic heterocycles. The van der Waals surface area contributed by atoms with E-state index < -0.39 is 0 Å². The standard InChI is InChI=1S/C14H9BrClNO3/c15-10-3-2-9(6-11(10)16)17-14(18)8-1-4-12-13(5-8)20-7-19-12/h1-6H,7H2,(H,17,18). The average molecular weight is 355 g/mol. The third kappa shape index (κ3) is 2.59. The van der Waals surface area contributed by atoms with Gasteiger partial charge in [0.15, 0.2) is 11.5 Å². The van der Waals surface area contributed by atoms with Crippen molar-refractivity contribution in [3.8, 4) is 11.5 Å². The molecular formula is C14H9BrClNO3. The van der Waals surface area contributed by atoms with E-state index in [1.807, 2.05) is 0 Å². The number of nitrogens with one attached hydrogen (secondary N) is 1. The SMILES string of the molecule is O=C(Nc1ccc(Br)c(Cl)c1)c1ccc2c(c1)OCO2. The average Bonchev–Trinajstić information content (AvgIpc) is 2.90. The summed E-state index contributed by atoms with van der Waals surface area (Å²) >= 11 is 9.28. The molecule has 2 aromatic rings. The van der Waals surface area contributed by atoms with Crippen molar-refractivity contribution < 1.29 is 14.3 Å². The number of benzene rings is 2. The highest BCUT2D eigenvalue weighted by Crippen LogP contribution is 2.33. The van der Waals surface area contributed by atoms with Gasteiger partial charge in [-0.25, -0.2) is 0 Å². The number of hydrogen-bond acceptors (Lipinski definition) is 3. The Morgan fingerprint density at radius 1 is 1.15 bits per heavy atom. The first-order valence-corrected chi connectivity index (χ1v) is 6.96. The van der Waals surface area contributed by atoms with E-state index >= 15 is 0 Å².